The van der Waals surface area contributed by atoms with Crippen molar-refractivity contribution in [2.24, 2.45) is 0 Å². The van der Waals surface area contributed by atoms with Crippen LogP contribution in [0.1, 0.15) is 12.5 Å². The molecule has 0 unspecified atom stereocenters. The average Bonchev–Trinajstić information content (AvgIpc) is 2.04. The Balaban J connectivity index is 3.30. The van der Waals surface area contributed by atoms with Gasteiger partial charge in [-0.3, -0.25) is 0 Å². The molecule has 0 heterocycles. The predicted molar refractivity (Wildman–Crippen MR) is 50.6 cm³/mol. The van der Waals surface area contributed by atoms with Crippen molar-refractivity contribution in [2.75, 3.05) is 0 Å². The number of hydrogen-bond acceptors (Lipinski definition) is 2. The first-order valence-electron chi connectivity index (χ1n) is 3.90. The normalized spacial score (nSPS) is 10.2. The first kappa shape index (κ1) is 10.5. The summed E-state index contributed by atoms with van der Waals surface area (Å²) in [5.74, 6) is -0.697. The molecule has 0 amide bonds. The van der Waals surface area contributed by atoms with Crippen molar-refractivity contribution in [1.82, 2.24) is 0 Å². The van der Waals surface area contributed by atoms with Gasteiger partial charge in [-0.05, 0) is 18.1 Å². The fraction of sp³-hybridized carbons (Fsp3) is 0.250. The Bertz CT molecular complexity index is 317. The van der Waals surface area contributed by atoms with Crippen molar-refractivity contribution < 1.29 is 14.4 Å². The standard InChI is InChI=1S/C8H9BClFO2/c1-2-5-3-4-6(11)7(8(5)10)9(12)13/h3-4,12-13H,2H2,1H3. The van der Waals surface area contributed by atoms with Crippen LogP contribution >= 0.6 is 11.6 Å². The van der Waals surface area contributed by atoms with E-state index in [0.717, 1.165) is 0 Å². The third-order valence-electron chi connectivity index (χ3n) is 1.85. The molecule has 0 saturated carbocycles. The highest BCUT2D eigenvalue weighted by Gasteiger charge is 2.21. The summed E-state index contributed by atoms with van der Waals surface area (Å²) >= 11 is 5.75. The van der Waals surface area contributed by atoms with Crippen LogP contribution in [0.2, 0.25) is 5.02 Å². The molecule has 5 heteroatoms. The third-order valence-corrected chi connectivity index (χ3v) is 2.29. The van der Waals surface area contributed by atoms with E-state index in [2.05, 4.69) is 0 Å². The van der Waals surface area contributed by atoms with Crippen LogP contribution in [0.25, 0.3) is 0 Å². The summed E-state index contributed by atoms with van der Waals surface area (Å²) in [5.41, 5.74) is 0.451. The second-order valence-corrected chi connectivity index (χ2v) is 3.04. The summed E-state index contributed by atoms with van der Waals surface area (Å²) in [6, 6.07) is 2.71. The molecule has 0 aliphatic heterocycles. The molecule has 0 aliphatic carbocycles. The SMILES string of the molecule is CCc1ccc(F)c(B(O)O)c1Cl. The van der Waals surface area contributed by atoms with Crippen molar-refractivity contribution >= 4 is 24.2 Å². The number of benzene rings is 1. The molecule has 1 aromatic carbocycles. The Hall–Kier alpha value is -0.575. The zero-order chi connectivity index (χ0) is 10.0. The second-order valence-electron chi connectivity index (χ2n) is 2.66. The first-order valence-corrected chi connectivity index (χ1v) is 4.28. The molecule has 1 aromatic rings. The smallest absolute Gasteiger partial charge is 0.423 e. The van der Waals surface area contributed by atoms with Gasteiger partial charge >= 0.3 is 7.12 Å². The van der Waals surface area contributed by atoms with Gasteiger partial charge in [-0.25, -0.2) is 4.39 Å². The molecule has 0 fully saturated rings. The molecule has 0 saturated heterocycles. The van der Waals surface area contributed by atoms with E-state index in [1.54, 1.807) is 0 Å². The van der Waals surface area contributed by atoms with Crippen molar-refractivity contribution in [3.05, 3.63) is 28.5 Å². The Morgan fingerprint density at radius 1 is 1.46 bits per heavy atom. The van der Waals surface area contributed by atoms with Gasteiger partial charge in [0.2, 0.25) is 0 Å². The monoisotopic (exact) mass is 202 g/mol. The highest BCUT2D eigenvalue weighted by atomic mass is 35.5. The predicted octanol–water partition coefficient (Wildman–Crippen LogP) is 0.721. The minimum Gasteiger partial charge on any atom is -0.423 e. The van der Waals surface area contributed by atoms with Crippen LogP contribution in [0.5, 0.6) is 0 Å². The lowest BCUT2D eigenvalue weighted by molar-refractivity contribution is 0.423. The van der Waals surface area contributed by atoms with Gasteiger partial charge in [0.1, 0.15) is 5.82 Å². The maximum atomic E-state index is 13.0. The molecular weight excluding hydrogens is 193 g/mol. The van der Waals surface area contributed by atoms with Crippen molar-refractivity contribution in [3.63, 3.8) is 0 Å². The van der Waals surface area contributed by atoms with Crippen molar-refractivity contribution in [1.29, 1.82) is 0 Å². The lowest BCUT2D eigenvalue weighted by Crippen LogP contribution is -2.34. The van der Waals surface area contributed by atoms with Gasteiger partial charge in [0.15, 0.2) is 0 Å². The Morgan fingerprint density at radius 3 is 2.54 bits per heavy atom. The zero-order valence-electron chi connectivity index (χ0n) is 7.09. The fourth-order valence-electron chi connectivity index (χ4n) is 1.12. The molecule has 2 N–H and O–H groups in total. The van der Waals surface area contributed by atoms with Gasteiger partial charge in [0.05, 0.1) is 0 Å². The number of rotatable bonds is 2. The molecule has 1 rings (SSSR count). The molecule has 0 bridgehead atoms. The van der Waals surface area contributed by atoms with Crippen molar-refractivity contribution in [3.8, 4) is 0 Å². The molecular formula is C8H9BClFO2. The van der Waals surface area contributed by atoms with Gasteiger partial charge in [0.25, 0.3) is 0 Å². The molecule has 0 atom stereocenters. The van der Waals surface area contributed by atoms with Crippen LogP contribution < -0.4 is 5.46 Å². The summed E-state index contributed by atoms with van der Waals surface area (Å²) in [6.45, 7) is 1.85. The van der Waals surface area contributed by atoms with Gasteiger partial charge in [-0.1, -0.05) is 24.6 Å². The summed E-state index contributed by atoms with van der Waals surface area (Å²) in [7, 11) is -1.86. The minimum absolute atomic E-state index is 0.0949. The molecule has 0 spiro atoms. The molecule has 70 valence electrons. The quantitative estimate of drug-likeness (QED) is 0.694. The van der Waals surface area contributed by atoms with E-state index in [-0.39, 0.29) is 10.5 Å². The van der Waals surface area contributed by atoms with Crippen LogP contribution in [0.15, 0.2) is 12.1 Å². The molecule has 0 aromatic heterocycles. The van der Waals surface area contributed by atoms with E-state index in [0.29, 0.717) is 12.0 Å². The summed E-state index contributed by atoms with van der Waals surface area (Å²) < 4.78 is 13.0. The minimum atomic E-state index is -1.86. The Labute approximate surface area is 81.1 Å². The zero-order valence-corrected chi connectivity index (χ0v) is 7.85. The average molecular weight is 202 g/mol. The van der Waals surface area contributed by atoms with Crippen LogP contribution in [-0.4, -0.2) is 17.2 Å². The van der Waals surface area contributed by atoms with E-state index in [1.165, 1.54) is 12.1 Å². The Kier molecular flexibility index (Phi) is 3.30. The fourth-order valence-corrected chi connectivity index (χ4v) is 1.51. The third kappa shape index (κ3) is 2.02. The largest absolute Gasteiger partial charge is 0.493 e. The van der Waals surface area contributed by atoms with Crippen LogP contribution in [0, 0.1) is 5.82 Å². The maximum Gasteiger partial charge on any atom is 0.493 e. The van der Waals surface area contributed by atoms with Crippen LogP contribution in [0.3, 0.4) is 0 Å². The number of hydrogen-bond donors (Lipinski definition) is 2. The highest BCUT2D eigenvalue weighted by molar-refractivity contribution is 6.63. The van der Waals surface area contributed by atoms with E-state index in [1.807, 2.05) is 6.92 Å². The van der Waals surface area contributed by atoms with E-state index in [9.17, 15) is 4.39 Å². The van der Waals surface area contributed by atoms with Gasteiger partial charge in [-0.2, -0.15) is 0 Å². The lowest BCUT2D eigenvalue weighted by atomic mass is 9.78. The summed E-state index contributed by atoms with van der Waals surface area (Å²) in [4.78, 5) is 0. The topological polar surface area (TPSA) is 40.5 Å². The van der Waals surface area contributed by atoms with Gasteiger partial charge in [0, 0.05) is 10.5 Å². The van der Waals surface area contributed by atoms with Gasteiger partial charge in [-0.15, -0.1) is 0 Å². The summed E-state index contributed by atoms with van der Waals surface area (Å²) in [6.07, 6.45) is 0.624. The molecule has 0 radical (unpaired) electrons. The van der Waals surface area contributed by atoms with Crippen molar-refractivity contribution in [2.45, 2.75) is 13.3 Å². The molecule has 0 aliphatic rings. The molecule has 13 heavy (non-hydrogen) atoms. The van der Waals surface area contributed by atoms with Gasteiger partial charge < -0.3 is 10.0 Å². The molecule has 2 nitrogen and oxygen atoms in total. The highest BCUT2D eigenvalue weighted by Crippen LogP contribution is 2.15. The number of aryl methyl sites for hydroxylation is 1. The maximum absolute atomic E-state index is 13.0. The summed E-state index contributed by atoms with van der Waals surface area (Å²) in [5, 5.41) is 17.8. The Morgan fingerprint density at radius 2 is 2.08 bits per heavy atom. The second kappa shape index (κ2) is 4.09. The first-order chi connectivity index (χ1) is 6.07. The van der Waals surface area contributed by atoms with Crippen LogP contribution in [-0.2, 0) is 6.42 Å². The van der Waals surface area contributed by atoms with E-state index < -0.39 is 12.9 Å². The van der Waals surface area contributed by atoms with Crippen LogP contribution in [0.4, 0.5) is 4.39 Å². The lowest BCUT2D eigenvalue weighted by Gasteiger charge is -2.08. The number of halogens is 2. The van der Waals surface area contributed by atoms with E-state index >= 15 is 0 Å². The van der Waals surface area contributed by atoms with E-state index in [4.69, 9.17) is 21.6 Å².